The summed E-state index contributed by atoms with van der Waals surface area (Å²) in [5.41, 5.74) is 0. The molecule has 70 valence electrons. The Balaban J connectivity index is 0. The molecule has 0 aliphatic heterocycles. The minimum absolute atomic E-state index is 0.292. The van der Waals surface area contributed by atoms with Gasteiger partial charge in [0.05, 0.1) is 7.11 Å². The van der Waals surface area contributed by atoms with E-state index in [2.05, 4.69) is 11.3 Å². The van der Waals surface area contributed by atoms with Crippen LogP contribution in [0.4, 0.5) is 0 Å². The lowest BCUT2D eigenvalue weighted by Gasteiger charge is -1.83. The smallest absolute Gasteiger partial charge is 0.329 e. The standard InChI is InChI=1S/C4H6O2.C4H8O2/c1-3-4(5)6-2;1-2-3-4(5)6/h3H,1H2,2H3;2-3H2,1H3,(H,5,6). The van der Waals surface area contributed by atoms with E-state index in [1.54, 1.807) is 0 Å². The number of carbonyl (C=O) groups excluding carboxylic acids is 1. The van der Waals surface area contributed by atoms with Crippen molar-refractivity contribution in [1.82, 2.24) is 0 Å². The number of aliphatic carboxylic acids is 1. The average molecular weight is 174 g/mol. The van der Waals surface area contributed by atoms with Crippen molar-refractivity contribution in [2.75, 3.05) is 7.11 Å². The van der Waals surface area contributed by atoms with Crippen molar-refractivity contribution in [2.24, 2.45) is 0 Å². The van der Waals surface area contributed by atoms with Gasteiger partial charge in [-0.1, -0.05) is 13.5 Å². The van der Waals surface area contributed by atoms with Crippen molar-refractivity contribution >= 4 is 11.9 Å². The molecule has 0 aromatic heterocycles. The van der Waals surface area contributed by atoms with Gasteiger partial charge in [-0.25, -0.2) is 4.79 Å². The van der Waals surface area contributed by atoms with Crippen LogP contribution in [0.1, 0.15) is 19.8 Å². The maximum atomic E-state index is 9.84. The van der Waals surface area contributed by atoms with Crippen LogP contribution in [0.2, 0.25) is 0 Å². The summed E-state index contributed by atoms with van der Waals surface area (Å²) < 4.78 is 4.14. The summed E-state index contributed by atoms with van der Waals surface area (Å²) in [6.45, 7) is 5.00. The van der Waals surface area contributed by atoms with Gasteiger partial charge in [-0.3, -0.25) is 4.79 Å². The number of methoxy groups -OCH3 is 1. The van der Waals surface area contributed by atoms with Crippen molar-refractivity contribution in [3.8, 4) is 0 Å². The quantitative estimate of drug-likeness (QED) is 0.516. The molecule has 0 amide bonds. The van der Waals surface area contributed by atoms with E-state index >= 15 is 0 Å². The minimum Gasteiger partial charge on any atom is -0.481 e. The molecule has 0 radical (unpaired) electrons. The molecule has 0 aromatic rings. The number of rotatable bonds is 3. The van der Waals surface area contributed by atoms with Gasteiger partial charge in [0.2, 0.25) is 0 Å². The lowest BCUT2D eigenvalue weighted by Crippen LogP contribution is -1.91. The lowest BCUT2D eigenvalue weighted by atomic mass is 10.4. The summed E-state index contributed by atoms with van der Waals surface area (Å²) in [5.74, 6) is -1.10. The van der Waals surface area contributed by atoms with E-state index in [0.29, 0.717) is 6.42 Å². The van der Waals surface area contributed by atoms with Crippen molar-refractivity contribution in [1.29, 1.82) is 0 Å². The van der Waals surface area contributed by atoms with Crippen molar-refractivity contribution < 1.29 is 19.4 Å². The van der Waals surface area contributed by atoms with Crippen molar-refractivity contribution in [3.63, 3.8) is 0 Å². The number of ether oxygens (including phenoxy) is 1. The zero-order chi connectivity index (χ0) is 9.98. The SMILES string of the molecule is C=CC(=O)OC.CCCC(=O)O. The Labute approximate surface area is 71.8 Å². The van der Waals surface area contributed by atoms with E-state index in [0.717, 1.165) is 12.5 Å². The molecule has 0 aromatic carbocycles. The highest BCUT2D eigenvalue weighted by molar-refractivity contribution is 5.80. The molecule has 0 saturated heterocycles. The Hall–Kier alpha value is -1.32. The van der Waals surface area contributed by atoms with Gasteiger partial charge >= 0.3 is 11.9 Å². The number of carbonyl (C=O) groups is 2. The summed E-state index contributed by atoms with van der Waals surface area (Å²) in [7, 11) is 1.31. The number of carboxylic acid groups (broad SMARTS) is 1. The maximum absolute atomic E-state index is 9.84. The van der Waals surface area contributed by atoms with Gasteiger partial charge in [-0.2, -0.15) is 0 Å². The van der Waals surface area contributed by atoms with Crippen molar-refractivity contribution in [2.45, 2.75) is 19.8 Å². The van der Waals surface area contributed by atoms with E-state index in [1.165, 1.54) is 7.11 Å². The highest BCUT2D eigenvalue weighted by Crippen LogP contribution is 1.82. The topological polar surface area (TPSA) is 63.6 Å². The Kier molecular flexibility index (Phi) is 10.7. The number of carboxylic acids is 1. The average Bonchev–Trinajstić information content (AvgIpc) is 2.04. The molecular weight excluding hydrogens is 160 g/mol. The molecule has 0 aliphatic rings. The van der Waals surface area contributed by atoms with Gasteiger partial charge in [0.25, 0.3) is 0 Å². The van der Waals surface area contributed by atoms with Crippen LogP contribution < -0.4 is 0 Å². The second kappa shape index (κ2) is 9.68. The third kappa shape index (κ3) is 15.9. The molecule has 0 heterocycles. The molecule has 4 nitrogen and oxygen atoms in total. The first-order valence-corrected chi connectivity index (χ1v) is 3.50. The third-order valence-electron chi connectivity index (χ3n) is 0.832. The van der Waals surface area contributed by atoms with E-state index in [-0.39, 0.29) is 0 Å². The predicted octanol–water partition coefficient (Wildman–Crippen LogP) is 1.22. The molecule has 0 spiro atoms. The van der Waals surface area contributed by atoms with Gasteiger partial charge in [0, 0.05) is 12.5 Å². The summed E-state index contributed by atoms with van der Waals surface area (Å²) in [4.78, 5) is 19.4. The summed E-state index contributed by atoms with van der Waals surface area (Å²) in [6.07, 6.45) is 2.13. The molecule has 12 heavy (non-hydrogen) atoms. The summed E-state index contributed by atoms with van der Waals surface area (Å²) in [5, 5.41) is 7.91. The Bertz CT molecular complexity index is 151. The van der Waals surface area contributed by atoms with Crippen LogP contribution in [0.5, 0.6) is 0 Å². The molecule has 0 aliphatic carbocycles. The van der Waals surface area contributed by atoms with Gasteiger partial charge < -0.3 is 9.84 Å². The third-order valence-corrected chi connectivity index (χ3v) is 0.832. The first-order chi connectivity index (χ1) is 5.58. The molecule has 0 bridgehead atoms. The molecule has 0 fully saturated rings. The number of esters is 1. The van der Waals surface area contributed by atoms with E-state index in [4.69, 9.17) is 5.11 Å². The van der Waals surface area contributed by atoms with Gasteiger partial charge in [-0.05, 0) is 6.42 Å². The molecule has 0 saturated carbocycles. The second-order valence-electron chi connectivity index (χ2n) is 1.87. The van der Waals surface area contributed by atoms with Crippen LogP contribution >= 0.6 is 0 Å². The highest BCUT2D eigenvalue weighted by Gasteiger charge is 1.87. The predicted molar refractivity (Wildman–Crippen MR) is 44.8 cm³/mol. The van der Waals surface area contributed by atoms with E-state index < -0.39 is 11.9 Å². The Morgan fingerprint density at radius 1 is 1.58 bits per heavy atom. The maximum Gasteiger partial charge on any atom is 0.329 e. The summed E-state index contributed by atoms with van der Waals surface area (Å²) >= 11 is 0. The van der Waals surface area contributed by atoms with Crippen LogP contribution in [0.3, 0.4) is 0 Å². The largest absolute Gasteiger partial charge is 0.481 e. The fourth-order valence-electron chi connectivity index (χ4n) is 0.297. The lowest BCUT2D eigenvalue weighted by molar-refractivity contribution is -0.137. The van der Waals surface area contributed by atoms with Crippen LogP contribution in [0.25, 0.3) is 0 Å². The second-order valence-corrected chi connectivity index (χ2v) is 1.87. The molecule has 4 heteroatoms. The number of hydrogen-bond acceptors (Lipinski definition) is 3. The van der Waals surface area contributed by atoms with Crippen LogP contribution in [0.15, 0.2) is 12.7 Å². The van der Waals surface area contributed by atoms with Gasteiger partial charge in [0.1, 0.15) is 0 Å². The summed E-state index contributed by atoms with van der Waals surface area (Å²) in [6, 6.07) is 0. The number of hydrogen-bond donors (Lipinski definition) is 1. The normalized spacial score (nSPS) is 7.50. The molecule has 0 rings (SSSR count). The van der Waals surface area contributed by atoms with Crippen LogP contribution in [0, 0.1) is 0 Å². The van der Waals surface area contributed by atoms with Crippen molar-refractivity contribution in [3.05, 3.63) is 12.7 Å². The fraction of sp³-hybridized carbons (Fsp3) is 0.500. The fourth-order valence-corrected chi connectivity index (χ4v) is 0.297. The van der Waals surface area contributed by atoms with Crippen LogP contribution in [-0.2, 0) is 14.3 Å². The molecule has 0 unspecified atom stereocenters. The minimum atomic E-state index is -0.711. The highest BCUT2D eigenvalue weighted by atomic mass is 16.5. The van der Waals surface area contributed by atoms with Crippen LogP contribution in [-0.4, -0.2) is 24.2 Å². The van der Waals surface area contributed by atoms with Gasteiger partial charge in [0.15, 0.2) is 0 Å². The molecular formula is C8H14O4. The Morgan fingerprint density at radius 3 is 2.08 bits per heavy atom. The molecule has 0 atom stereocenters. The van der Waals surface area contributed by atoms with E-state index in [9.17, 15) is 9.59 Å². The zero-order valence-electron chi connectivity index (χ0n) is 7.37. The Morgan fingerprint density at radius 2 is 2.08 bits per heavy atom. The van der Waals surface area contributed by atoms with Gasteiger partial charge in [-0.15, -0.1) is 0 Å². The first-order valence-electron chi connectivity index (χ1n) is 3.50. The zero-order valence-corrected chi connectivity index (χ0v) is 7.37. The monoisotopic (exact) mass is 174 g/mol. The molecule has 1 N–H and O–H groups in total. The van der Waals surface area contributed by atoms with E-state index in [1.807, 2.05) is 6.92 Å². The first kappa shape index (κ1) is 13.3.